The Hall–Kier alpha value is -3.26. The van der Waals surface area contributed by atoms with Gasteiger partial charge in [-0.3, -0.25) is 19.3 Å². The molecule has 0 saturated carbocycles. The van der Waals surface area contributed by atoms with Crippen LogP contribution in [0.2, 0.25) is 0 Å². The average Bonchev–Trinajstić information content (AvgIpc) is 2.92. The van der Waals surface area contributed by atoms with Gasteiger partial charge in [-0.05, 0) is 54.1 Å². The molecule has 3 amide bonds. The lowest BCUT2D eigenvalue weighted by molar-refractivity contribution is -0.127. The molecule has 8 heteroatoms. The first-order valence-corrected chi connectivity index (χ1v) is 9.18. The number of phenolic OH excluding ortho intramolecular Hbond substituents is 1. The number of phenols is 1. The minimum atomic E-state index is -0.540. The van der Waals surface area contributed by atoms with Gasteiger partial charge in [0, 0.05) is 5.69 Å². The van der Waals surface area contributed by atoms with Gasteiger partial charge in [-0.2, -0.15) is 0 Å². The predicted octanol–water partition coefficient (Wildman–Crippen LogP) is 3.38. The largest absolute Gasteiger partial charge is 0.504 e. The van der Waals surface area contributed by atoms with Gasteiger partial charge in [0.2, 0.25) is 5.91 Å². The topological polar surface area (TPSA) is 95.9 Å². The van der Waals surface area contributed by atoms with Crippen LogP contribution in [0.4, 0.5) is 10.5 Å². The molecule has 0 radical (unpaired) electrons. The summed E-state index contributed by atoms with van der Waals surface area (Å²) >= 11 is 0.761. The van der Waals surface area contributed by atoms with Gasteiger partial charge < -0.3 is 15.2 Å². The summed E-state index contributed by atoms with van der Waals surface area (Å²) in [7, 11) is 1.42. The molecule has 0 bridgehead atoms. The van der Waals surface area contributed by atoms with E-state index in [1.54, 1.807) is 24.3 Å². The van der Waals surface area contributed by atoms with Crippen LogP contribution in [0, 0.1) is 6.92 Å². The van der Waals surface area contributed by atoms with E-state index in [2.05, 4.69) is 5.32 Å². The molecule has 2 N–H and O–H groups in total. The lowest BCUT2D eigenvalue weighted by Gasteiger charge is -2.13. The molecule has 1 heterocycles. The number of imide groups is 1. The number of benzene rings is 2. The summed E-state index contributed by atoms with van der Waals surface area (Å²) in [5.74, 6) is -0.766. The lowest BCUT2D eigenvalue weighted by Crippen LogP contribution is -2.36. The Labute approximate surface area is 166 Å². The highest BCUT2D eigenvalue weighted by Gasteiger charge is 2.36. The number of carbonyl (C=O) groups is 3. The fraction of sp³-hybridized carbons (Fsp3) is 0.150. The first-order valence-electron chi connectivity index (χ1n) is 8.37. The second kappa shape index (κ2) is 8.18. The van der Waals surface area contributed by atoms with Crippen LogP contribution in [0.15, 0.2) is 47.4 Å². The normalized spacial score (nSPS) is 15.2. The standard InChI is InChI=1S/C20H18N2O5S/c1-12-5-3-4-6-14(12)21-18(24)11-22-19(25)17(28-20(22)26)10-13-7-8-15(23)16(9-13)27-2/h3-10,23H,11H2,1-2H3,(H,21,24). The molecule has 7 nitrogen and oxygen atoms in total. The molecule has 0 aromatic heterocycles. The molecule has 0 aliphatic carbocycles. The molecule has 1 saturated heterocycles. The van der Waals surface area contributed by atoms with Crippen molar-refractivity contribution in [1.29, 1.82) is 0 Å². The highest BCUT2D eigenvalue weighted by Crippen LogP contribution is 2.34. The number of aryl methyl sites for hydroxylation is 1. The maximum absolute atomic E-state index is 12.6. The summed E-state index contributed by atoms with van der Waals surface area (Å²) in [6.07, 6.45) is 1.52. The van der Waals surface area contributed by atoms with Crippen molar-refractivity contribution in [1.82, 2.24) is 4.90 Å². The van der Waals surface area contributed by atoms with Crippen molar-refractivity contribution >= 4 is 40.6 Å². The van der Waals surface area contributed by atoms with Gasteiger partial charge in [0.1, 0.15) is 6.54 Å². The van der Waals surface area contributed by atoms with Gasteiger partial charge in [0.25, 0.3) is 11.1 Å². The number of anilines is 1. The van der Waals surface area contributed by atoms with Crippen LogP contribution >= 0.6 is 11.8 Å². The number of methoxy groups -OCH3 is 1. The molecule has 0 unspecified atom stereocenters. The molecular formula is C20H18N2O5S. The molecular weight excluding hydrogens is 380 g/mol. The van der Waals surface area contributed by atoms with Gasteiger partial charge in [-0.1, -0.05) is 24.3 Å². The maximum Gasteiger partial charge on any atom is 0.294 e. The average molecular weight is 398 g/mol. The fourth-order valence-corrected chi connectivity index (χ4v) is 3.46. The van der Waals surface area contributed by atoms with Crippen LogP contribution in [0.5, 0.6) is 11.5 Å². The number of hydrogen-bond donors (Lipinski definition) is 2. The molecule has 1 aliphatic heterocycles. The zero-order valence-electron chi connectivity index (χ0n) is 15.3. The van der Waals surface area contributed by atoms with Crippen molar-refractivity contribution in [3.8, 4) is 11.5 Å². The number of carbonyl (C=O) groups excluding carboxylic acids is 3. The van der Waals surface area contributed by atoms with E-state index in [4.69, 9.17) is 4.74 Å². The number of thioether (sulfide) groups is 1. The van der Waals surface area contributed by atoms with Crippen molar-refractivity contribution < 1.29 is 24.2 Å². The molecule has 144 valence electrons. The summed E-state index contributed by atoms with van der Waals surface area (Å²) in [5.41, 5.74) is 2.10. The molecule has 2 aromatic rings. The molecule has 1 aliphatic rings. The number of para-hydroxylation sites is 1. The van der Waals surface area contributed by atoms with Gasteiger partial charge in [-0.25, -0.2) is 0 Å². The molecule has 1 fully saturated rings. The smallest absolute Gasteiger partial charge is 0.294 e. The Bertz CT molecular complexity index is 986. The van der Waals surface area contributed by atoms with Crippen LogP contribution in [-0.4, -0.2) is 40.7 Å². The number of amides is 3. The Morgan fingerprint density at radius 2 is 2.00 bits per heavy atom. The third-order valence-electron chi connectivity index (χ3n) is 4.10. The van der Waals surface area contributed by atoms with Crippen LogP contribution in [0.25, 0.3) is 6.08 Å². The van der Waals surface area contributed by atoms with Crippen molar-refractivity contribution in [2.45, 2.75) is 6.92 Å². The Kier molecular flexibility index (Phi) is 5.70. The number of nitrogens with zero attached hydrogens (tertiary/aromatic N) is 1. The lowest BCUT2D eigenvalue weighted by atomic mass is 10.2. The predicted molar refractivity (Wildman–Crippen MR) is 107 cm³/mol. The summed E-state index contributed by atoms with van der Waals surface area (Å²) in [4.78, 5) is 38.1. The van der Waals surface area contributed by atoms with Gasteiger partial charge in [0.15, 0.2) is 11.5 Å². The summed E-state index contributed by atoms with van der Waals surface area (Å²) in [6, 6.07) is 11.8. The summed E-state index contributed by atoms with van der Waals surface area (Å²) in [6.45, 7) is 1.49. The van der Waals surface area contributed by atoms with Crippen LogP contribution < -0.4 is 10.1 Å². The van der Waals surface area contributed by atoms with E-state index in [0.29, 0.717) is 11.3 Å². The van der Waals surface area contributed by atoms with E-state index in [1.165, 1.54) is 19.3 Å². The van der Waals surface area contributed by atoms with E-state index >= 15 is 0 Å². The third-order valence-corrected chi connectivity index (χ3v) is 5.00. The number of aromatic hydroxyl groups is 1. The second-order valence-corrected chi connectivity index (χ2v) is 7.06. The number of nitrogens with one attached hydrogen (secondary N) is 1. The third kappa shape index (κ3) is 4.17. The van der Waals surface area contributed by atoms with Gasteiger partial charge in [0.05, 0.1) is 12.0 Å². The van der Waals surface area contributed by atoms with Crippen LogP contribution in [0.1, 0.15) is 11.1 Å². The van der Waals surface area contributed by atoms with Crippen LogP contribution in [-0.2, 0) is 9.59 Å². The van der Waals surface area contributed by atoms with Gasteiger partial charge >= 0.3 is 0 Å². The molecule has 0 atom stereocenters. The number of ether oxygens (including phenoxy) is 1. The minimum Gasteiger partial charge on any atom is -0.504 e. The zero-order chi connectivity index (χ0) is 20.3. The highest BCUT2D eigenvalue weighted by molar-refractivity contribution is 8.18. The van der Waals surface area contributed by atoms with Crippen molar-refractivity contribution in [2.75, 3.05) is 19.0 Å². The minimum absolute atomic E-state index is 0.0272. The summed E-state index contributed by atoms with van der Waals surface area (Å²) in [5, 5.41) is 11.8. The fourth-order valence-electron chi connectivity index (χ4n) is 2.62. The monoisotopic (exact) mass is 398 g/mol. The summed E-state index contributed by atoms with van der Waals surface area (Å²) < 4.78 is 5.04. The second-order valence-electron chi connectivity index (χ2n) is 6.06. The van der Waals surface area contributed by atoms with Crippen LogP contribution in [0.3, 0.4) is 0 Å². The maximum atomic E-state index is 12.6. The SMILES string of the molecule is COc1cc(C=C2SC(=O)N(CC(=O)Nc3ccccc3C)C2=O)ccc1O. The Morgan fingerprint density at radius 3 is 2.71 bits per heavy atom. The molecule has 2 aromatic carbocycles. The zero-order valence-corrected chi connectivity index (χ0v) is 16.1. The number of rotatable bonds is 5. The van der Waals surface area contributed by atoms with Gasteiger partial charge in [-0.15, -0.1) is 0 Å². The highest BCUT2D eigenvalue weighted by atomic mass is 32.2. The van der Waals surface area contributed by atoms with Crippen molar-refractivity contribution in [3.63, 3.8) is 0 Å². The molecule has 28 heavy (non-hydrogen) atoms. The van der Waals surface area contributed by atoms with Crippen molar-refractivity contribution in [3.05, 3.63) is 58.5 Å². The van der Waals surface area contributed by atoms with E-state index in [0.717, 1.165) is 22.2 Å². The number of hydrogen-bond acceptors (Lipinski definition) is 6. The first-order chi connectivity index (χ1) is 13.4. The van der Waals surface area contributed by atoms with E-state index < -0.39 is 17.1 Å². The van der Waals surface area contributed by atoms with Crippen molar-refractivity contribution in [2.24, 2.45) is 0 Å². The first kappa shape index (κ1) is 19.5. The Morgan fingerprint density at radius 1 is 1.25 bits per heavy atom. The van der Waals surface area contributed by atoms with E-state index in [-0.39, 0.29) is 22.9 Å². The molecule has 3 rings (SSSR count). The van der Waals surface area contributed by atoms with E-state index in [9.17, 15) is 19.5 Å². The van der Waals surface area contributed by atoms with E-state index in [1.807, 2.05) is 19.1 Å². The molecule has 0 spiro atoms. The quantitative estimate of drug-likeness (QED) is 0.750. The Balaban J connectivity index is 1.73.